The zero-order valence-electron chi connectivity index (χ0n) is 8.62. The Morgan fingerprint density at radius 1 is 1.18 bits per heavy atom. The van der Waals surface area contributed by atoms with Crippen LogP contribution in [-0.4, -0.2) is 9.36 Å². The molecule has 3 rings (SSSR count). The summed E-state index contributed by atoms with van der Waals surface area (Å²) in [5, 5.41) is 0. The smallest absolute Gasteiger partial charge is 0.266 e. The highest BCUT2D eigenvalue weighted by atomic mass is 32.2. The van der Waals surface area contributed by atoms with Gasteiger partial charge in [0.2, 0.25) is 0 Å². The molecule has 0 fully saturated rings. The fourth-order valence-corrected chi connectivity index (χ4v) is 2.25. The van der Waals surface area contributed by atoms with Gasteiger partial charge >= 0.3 is 0 Å². The first kappa shape index (κ1) is 10.5. The van der Waals surface area contributed by atoms with E-state index in [9.17, 15) is 0 Å². The molecule has 86 valence electrons. The van der Waals surface area contributed by atoms with Crippen LogP contribution in [0.2, 0.25) is 0 Å². The van der Waals surface area contributed by atoms with Gasteiger partial charge in [-0.2, -0.15) is 0 Å². The zero-order chi connectivity index (χ0) is 11.7. The molecule has 0 amide bonds. The molecule has 0 radical (unpaired) electrons. The van der Waals surface area contributed by atoms with Crippen LogP contribution in [-0.2, 0) is 9.47 Å². The molecule has 0 spiro atoms. The van der Waals surface area contributed by atoms with Gasteiger partial charge in [-0.15, -0.1) is 0 Å². The van der Waals surface area contributed by atoms with E-state index in [1.807, 2.05) is 24.3 Å². The van der Waals surface area contributed by atoms with E-state index in [0.717, 1.165) is 17.0 Å². The van der Waals surface area contributed by atoms with Crippen LogP contribution < -0.4 is 0 Å². The number of H-pyrrole nitrogens is 1. The summed E-state index contributed by atoms with van der Waals surface area (Å²) in [4.78, 5) is 4.21. The summed E-state index contributed by atoms with van der Waals surface area (Å²) in [7, 11) is 0. The number of nitrogens with one attached hydrogen (secondary N) is 1. The minimum atomic E-state index is -0.335. The van der Waals surface area contributed by atoms with E-state index in [0.29, 0.717) is 3.95 Å². The van der Waals surface area contributed by atoms with Crippen molar-refractivity contribution >= 4 is 23.8 Å². The molecule has 1 N–H and O–H groups in total. The van der Waals surface area contributed by atoms with Crippen molar-refractivity contribution in [1.82, 2.24) is 9.36 Å². The number of hydrogen-bond acceptors (Lipinski definition) is 5. The summed E-state index contributed by atoms with van der Waals surface area (Å²) in [6, 6.07) is 7.81. The van der Waals surface area contributed by atoms with E-state index in [2.05, 4.69) is 9.36 Å². The van der Waals surface area contributed by atoms with E-state index in [1.165, 1.54) is 24.1 Å². The minimum Gasteiger partial charge on any atom is -0.455 e. The van der Waals surface area contributed by atoms with E-state index >= 15 is 0 Å². The molecule has 1 aliphatic rings. The second-order valence-corrected chi connectivity index (χ2v) is 4.87. The second kappa shape index (κ2) is 4.31. The number of nitrogens with zero attached hydrogens (tertiary/aromatic N) is 1. The highest BCUT2D eigenvalue weighted by molar-refractivity contribution is 7.73. The molecule has 6 heteroatoms. The van der Waals surface area contributed by atoms with Crippen molar-refractivity contribution < 1.29 is 9.47 Å². The first-order valence-electron chi connectivity index (χ1n) is 4.95. The van der Waals surface area contributed by atoms with Crippen molar-refractivity contribution in [1.29, 1.82) is 0 Å². The topological polar surface area (TPSA) is 47.1 Å². The zero-order valence-corrected chi connectivity index (χ0v) is 10.3. The van der Waals surface area contributed by atoms with Crippen molar-refractivity contribution in [3.63, 3.8) is 0 Å². The average Bonchev–Trinajstić information content (AvgIpc) is 3.00. The highest BCUT2D eigenvalue weighted by Crippen LogP contribution is 2.26. The molecule has 0 atom stereocenters. The van der Waals surface area contributed by atoms with Crippen LogP contribution in [0.3, 0.4) is 0 Å². The summed E-state index contributed by atoms with van der Waals surface area (Å²) >= 11 is 6.32. The number of aromatic amines is 1. The van der Waals surface area contributed by atoms with Gasteiger partial charge in [-0.1, -0.05) is 24.3 Å². The highest BCUT2D eigenvalue weighted by Gasteiger charge is 2.15. The third kappa shape index (κ3) is 2.09. The van der Waals surface area contributed by atoms with Crippen molar-refractivity contribution in [2.45, 2.75) is 6.29 Å². The van der Waals surface area contributed by atoms with Crippen molar-refractivity contribution in [3.8, 4) is 11.4 Å². The molecule has 1 aliphatic heterocycles. The monoisotopic (exact) mass is 264 g/mol. The van der Waals surface area contributed by atoms with Gasteiger partial charge in [0.1, 0.15) is 18.3 Å². The molecule has 0 bridgehead atoms. The van der Waals surface area contributed by atoms with Gasteiger partial charge in [0.05, 0.1) is 0 Å². The summed E-state index contributed by atoms with van der Waals surface area (Å²) in [5.74, 6) is 0.790. The first-order chi connectivity index (χ1) is 8.33. The van der Waals surface area contributed by atoms with Gasteiger partial charge in [0.15, 0.2) is 3.95 Å². The Morgan fingerprint density at radius 2 is 1.88 bits per heavy atom. The Morgan fingerprint density at radius 3 is 2.47 bits per heavy atom. The maximum absolute atomic E-state index is 5.25. The molecular formula is C11H8N2O2S2. The fourth-order valence-electron chi connectivity index (χ4n) is 1.55. The van der Waals surface area contributed by atoms with E-state index < -0.39 is 0 Å². The third-order valence-corrected chi connectivity index (χ3v) is 3.26. The van der Waals surface area contributed by atoms with E-state index in [1.54, 1.807) is 0 Å². The summed E-state index contributed by atoms with van der Waals surface area (Å²) in [6.07, 6.45) is 2.74. The second-order valence-electron chi connectivity index (χ2n) is 3.43. The molecule has 1 aromatic heterocycles. The fraction of sp³-hybridized carbons (Fsp3) is 0.0909. The summed E-state index contributed by atoms with van der Waals surface area (Å²) in [6.45, 7) is 0. The summed E-state index contributed by atoms with van der Waals surface area (Å²) in [5.41, 5.74) is 1.96. The molecule has 0 unspecified atom stereocenters. The number of rotatable bonds is 2. The predicted octanol–water partition coefficient (Wildman–Crippen LogP) is 3.38. The van der Waals surface area contributed by atoms with Crippen LogP contribution in [0.15, 0.2) is 36.8 Å². The van der Waals surface area contributed by atoms with Crippen LogP contribution >= 0.6 is 23.8 Å². The van der Waals surface area contributed by atoms with Gasteiger partial charge in [-0.3, -0.25) is 4.37 Å². The molecule has 0 saturated carbocycles. The lowest BCUT2D eigenvalue weighted by Crippen LogP contribution is -1.97. The SMILES string of the molecule is S=c1nc(-c2ccc(C3OC=CO3)cc2)[nH]s1. The summed E-state index contributed by atoms with van der Waals surface area (Å²) < 4.78 is 14.2. The lowest BCUT2D eigenvalue weighted by molar-refractivity contribution is -0.0245. The number of aromatic nitrogens is 2. The average molecular weight is 264 g/mol. The van der Waals surface area contributed by atoms with Crippen LogP contribution in [0.1, 0.15) is 11.9 Å². The van der Waals surface area contributed by atoms with Gasteiger partial charge in [-0.05, 0) is 23.8 Å². The molecular weight excluding hydrogens is 256 g/mol. The van der Waals surface area contributed by atoms with Gasteiger partial charge in [0, 0.05) is 11.1 Å². The Balaban J connectivity index is 1.87. The lowest BCUT2D eigenvalue weighted by Gasteiger charge is -2.10. The Kier molecular flexibility index (Phi) is 2.66. The Bertz CT molecular complexity index is 592. The van der Waals surface area contributed by atoms with Crippen molar-refractivity contribution in [3.05, 3.63) is 46.3 Å². The van der Waals surface area contributed by atoms with Crippen LogP contribution in [0.4, 0.5) is 0 Å². The maximum Gasteiger partial charge on any atom is 0.266 e. The van der Waals surface area contributed by atoms with E-state index in [-0.39, 0.29) is 6.29 Å². The van der Waals surface area contributed by atoms with Crippen LogP contribution in [0.5, 0.6) is 0 Å². The lowest BCUT2D eigenvalue weighted by atomic mass is 10.1. The van der Waals surface area contributed by atoms with Gasteiger partial charge in [-0.25, -0.2) is 4.98 Å². The standard InChI is InChI=1S/C11H8N2O2S2/c16-11-12-9(13-17-11)7-1-3-8(4-2-7)10-14-5-6-15-10/h1-6,10H,(H,12,13,16). The maximum atomic E-state index is 5.25. The van der Waals surface area contributed by atoms with E-state index in [4.69, 9.17) is 21.7 Å². The largest absolute Gasteiger partial charge is 0.455 e. The molecule has 0 aliphatic carbocycles. The molecule has 4 nitrogen and oxygen atoms in total. The minimum absolute atomic E-state index is 0.335. The third-order valence-electron chi connectivity index (χ3n) is 2.35. The first-order valence-corrected chi connectivity index (χ1v) is 6.17. The molecule has 0 saturated heterocycles. The number of hydrogen-bond donors (Lipinski definition) is 1. The molecule has 2 heterocycles. The van der Waals surface area contributed by atoms with Crippen molar-refractivity contribution in [2.24, 2.45) is 0 Å². The predicted molar refractivity (Wildman–Crippen MR) is 66.8 cm³/mol. The van der Waals surface area contributed by atoms with Gasteiger partial charge in [0.25, 0.3) is 6.29 Å². The Hall–Kier alpha value is -1.66. The Labute approximate surface area is 107 Å². The van der Waals surface area contributed by atoms with Crippen LogP contribution in [0, 0.1) is 3.95 Å². The normalized spacial score (nSPS) is 14.6. The molecule has 1 aromatic carbocycles. The van der Waals surface area contributed by atoms with Crippen LogP contribution in [0.25, 0.3) is 11.4 Å². The quantitative estimate of drug-likeness (QED) is 0.845. The molecule has 17 heavy (non-hydrogen) atoms. The number of benzene rings is 1. The molecule has 2 aromatic rings. The van der Waals surface area contributed by atoms with Crippen molar-refractivity contribution in [2.75, 3.05) is 0 Å². The van der Waals surface area contributed by atoms with Gasteiger partial charge < -0.3 is 9.47 Å². The number of ether oxygens (including phenoxy) is 2.